The van der Waals surface area contributed by atoms with Gasteiger partial charge in [0.2, 0.25) is 11.9 Å². The number of pyridine rings is 1. The van der Waals surface area contributed by atoms with Crippen LogP contribution in [-0.2, 0) is 6.54 Å². The van der Waals surface area contributed by atoms with E-state index in [1.54, 1.807) is 30.3 Å². The van der Waals surface area contributed by atoms with Gasteiger partial charge >= 0.3 is 0 Å². The van der Waals surface area contributed by atoms with Crippen LogP contribution in [0.1, 0.15) is 60.1 Å². The summed E-state index contributed by atoms with van der Waals surface area (Å²) in [6.07, 6.45) is 1.54. The van der Waals surface area contributed by atoms with Crippen molar-refractivity contribution >= 4 is 22.9 Å². The van der Waals surface area contributed by atoms with Gasteiger partial charge in [-0.3, -0.25) is 14.2 Å². The molecule has 4 aromatic rings. The molecule has 2 aromatic heterocycles. The molecule has 1 aliphatic rings. The summed E-state index contributed by atoms with van der Waals surface area (Å²) in [5, 5.41) is 6.50. The van der Waals surface area contributed by atoms with Crippen molar-refractivity contribution in [1.82, 2.24) is 19.9 Å². The molecule has 1 saturated carbocycles. The van der Waals surface area contributed by atoms with Crippen LogP contribution in [0.15, 0.2) is 65.6 Å². The zero-order valence-electron chi connectivity index (χ0n) is 21.6. The van der Waals surface area contributed by atoms with E-state index in [9.17, 15) is 27.2 Å². The quantitative estimate of drug-likeness (QED) is 0.291. The molecule has 7 nitrogen and oxygen atoms in total. The van der Waals surface area contributed by atoms with Crippen molar-refractivity contribution in [2.24, 2.45) is 0 Å². The van der Waals surface area contributed by atoms with Crippen molar-refractivity contribution in [2.75, 3.05) is 5.32 Å². The molecule has 11 heteroatoms. The first-order chi connectivity index (χ1) is 19.1. The van der Waals surface area contributed by atoms with Crippen LogP contribution >= 0.6 is 0 Å². The Bertz CT molecular complexity index is 1580. The summed E-state index contributed by atoms with van der Waals surface area (Å²) in [4.78, 5) is 34.0. The molecule has 2 aromatic carbocycles. The van der Waals surface area contributed by atoms with Gasteiger partial charge < -0.3 is 10.6 Å². The maximum atomic E-state index is 14.3. The standard InChI is InChI=1S/C29H27F4N5O2/c1-17(18-5-7-19(8-6-18)27(40)36-21-11-13-29(32,33)14-12-21)35-28-34-15-20-9-10-25(39)38(26(20)37-28)16-22-23(30)3-2-4-24(22)31/h2-10,15,17,21H,11-14,16H2,1H3,(H,36,40)(H,34,35,37). The summed E-state index contributed by atoms with van der Waals surface area (Å²) < 4.78 is 56.5. The van der Waals surface area contributed by atoms with E-state index in [1.165, 1.54) is 22.9 Å². The summed E-state index contributed by atoms with van der Waals surface area (Å²) in [5.41, 5.74) is 0.733. The molecular weight excluding hydrogens is 526 g/mol. The summed E-state index contributed by atoms with van der Waals surface area (Å²) >= 11 is 0. The van der Waals surface area contributed by atoms with Crippen LogP contribution in [0.2, 0.25) is 0 Å². The van der Waals surface area contributed by atoms with Gasteiger partial charge in [0.1, 0.15) is 17.3 Å². The molecule has 1 fully saturated rings. The Balaban J connectivity index is 1.30. The van der Waals surface area contributed by atoms with Crippen molar-refractivity contribution in [1.29, 1.82) is 0 Å². The van der Waals surface area contributed by atoms with Gasteiger partial charge in [-0.2, -0.15) is 4.98 Å². The minimum atomic E-state index is -2.66. The molecule has 5 rings (SSSR count). The van der Waals surface area contributed by atoms with Crippen LogP contribution in [0.25, 0.3) is 11.0 Å². The molecular formula is C29H27F4N5O2. The van der Waals surface area contributed by atoms with Crippen LogP contribution in [0.5, 0.6) is 0 Å². The highest BCUT2D eigenvalue weighted by Crippen LogP contribution is 2.33. The van der Waals surface area contributed by atoms with E-state index in [0.29, 0.717) is 10.9 Å². The number of anilines is 1. The Morgan fingerprint density at radius 2 is 1.73 bits per heavy atom. The van der Waals surface area contributed by atoms with E-state index in [4.69, 9.17) is 0 Å². The monoisotopic (exact) mass is 553 g/mol. The van der Waals surface area contributed by atoms with Gasteiger partial charge in [-0.15, -0.1) is 0 Å². The fourth-order valence-corrected chi connectivity index (χ4v) is 4.79. The summed E-state index contributed by atoms with van der Waals surface area (Å²) in [5.74, 6) is -4.30. The molecule has 0 aliphatic heterocycles. The number of aromatic nitrogens is 3. The molecule has 1 atom stereocenters. The van der Waals surface area contributed by atoms with Crippen LogP contribution < -0.4 is 16.2 Å². The van der Waals surface area contributed by atoms with Gasteiger partial charge in [0.25, 0.3) is 11.5 Å². The zero-order valence-corrected chi connectivity index (χ0v) is 21.6. The molecule has 1 aliphatic carbocycles. The lowest BCUT2D eigenvalue weighted by Gasteiger charge is -2.28. The largest absolute Gasteiger partial charge is 0.349 e. The average molecular weight is 554 g/mol. The number of amides is 1. The van der Waals surface area contributed by atoms with Gasteiger partial charge in [-0.25, -0.2) is 22.5 Å². The maximum Gasteiger partial charge on any atom is 0.252 e. The number of halogens is 4. The first kappa shape index (κ1) is 27.3. The van der Waals surface area contributed by atoms with Crippen LogP contribution in [0, 0.1) is 11.6 Å². The van der Waals surface area contributed by atoms with Crippen molar-refractivity contribution in [2.45, 2.75) is 57.2 Å². The highest BCUT2D eigenvalue weighted by atomic mass is 19.3. The lowest BCUT2D eigenvalue weighted by atomic mass is 9.92. The predicted octanol–water partition coefficient (Wildman–Crippen LogP) is 5.60. The second kappa shape index (κ2) is 11.1. The van der Waals surface area contributed by atoms with Gasteiger partial charge in [0.15, 0.2) is 0 Å². The van der Waals surface area contributed by atoms with E-state index in [-0.39, 0.29) is 67.4 Å². The second-order valence-corrected chi connectivity index (χ2v) is 10.0. The summed E-state index contributed by atoms with van der Waals surface area (Å²) in [7, 11) is 0. The van der Waals surface area contributed by atoms with E-state index < -0.39 is 23.1 Å². The van der Waals surface area contributed by atoms with E-state index in [1.807, 2.05) is 6.92 Å². The number of nitrogens with one attached hydrogen (secondary N) is 2. The van der Waals surface area contributed by atoms with Crippen LogP contribution in [-0.4, -0.2) is 32.4 Å². The molecule has 0 saturated heterocycles. The minimum Gasteiger partial charge on any atom is -0.349 e. The molecule has 0 spiro atoms. The fourth-order valence-electron chi connectivity index (χ4n) is 4.79. The number of rotatable bonds is 7. The SMILES string of the molecule is CC(Nc1ncc2ccc(=O)n(Cc3c(F)cccc3F)c2n1)c1ccc(C(=O)NC2CCC(F)(F)CC2)cc1. The molecule has 40 heavy (non-hydrogen) atoms. The van der Waals surface area contributed by atoms with Crippen molar-refractivity contribution in [3.8, 4) is 0 Å². The number of carbonyl (C=O) groups is 1. The van der Waals surface area contributed by atoms with Gasteiger partial charge in [-0.1, -0.05) is 18.2 Å². The lowest BCUT2D eigenvalue weighted by molar-refractivity contribution is -0.0399. The molecule has 0 bridgehead atoms. The number of fused-ring (bicyclic) bond motifs is 1. The molecule has 1 unspecified atom stereocenters. The van der Waals surface area contributed by atoms with Crippen molar-refractivity contribution in [3.63, 3.8) is 0 Å². The normalized spacial score (nSPS) is 16.0. The topological polar surface area (TPSA) is 88.9 Å². The van der Waals surface area contributed by atoms with Gasteiger partial charge in [-0.05, 0) is 55.7 Å². The Kier molecular flexibility index (Phi) is 7.55. The predicted molar refractivity (Wildman–Crippen MR) is 142 cm³/mol. The van der Waals surface area contributed by atoms with E-state index in [2.05, 4.69) is 20.6 Å². The Hall–Kier alpha value is -4.28. The lowest BCUT2D eigenvalue weighted by Crippen LogP contribution is -2.40. The fraction of sp³-hybridized carbons (Fsp3) is 0.310. The number of nitrogens with zero attached hydrogens (tertiary/aromatic N) is 3. The molecule has 208 valence electrons. The third kappa shape index (κ3) is 5.98. The maximum absolute atomic E-state index is 14.3. The number of hydrogen-bond acceptors (Lipinski definition) is 5. The van der Waals surface area contributed by atoms with Gasteiger partial charge in [0, 0.05) is 47.7 Å². The molecule has 2 N–H and O–H groups in total. The number of carbonyl (C=O) groups excluding carboxylic acids is 1. The Morgan fingerprint density at radius 1 is 1.05 bits per heavy atom. The number of benzene rings is 2. The second-order valence-electron chi connectivity index (χ2n) is 10.0. The first-order valence-corrected chi connectivity index (χ1v) is 12.9. The minimum absolute atomic E-state index is 0.198. The van der Waals surface area contributed by atoms with Crippen molar-refractivity contribution in [3.05, 3.63) is 99.5 Å². The Morgan fingerprint density at radius 3 is 2.40 bits per heavy atom. The molecule has 1 amide bonds. The van der Waals surface area contributed by atoms with Crippen LogP contribution in [0.4, 0.5) is 23.5 Å². The number of hydrogen-bond donors (Lipinski definition) is 2. The van der Waals surface area contributed by atoms with Gasteiger partial charge in [0.05, 0.1) is 12.6 Å². The third-order valence-corrected chi connectivity index (χ3v) is 7.17. The van der Waals surface area contributed by atoms with Crippen LogP contribution in [0.3, 0.4) is 0 Å². The average Bonchev–Trinajstić information content (AvgIpc) is 2.93. The molecule has 0 radical (unpaired) electrons. The number of alkyl halides is 2. The van der Waals surface area contributed by atoms with E-state index >= 15 is 0 Å². The third-order valence-electron chi connectivity index (χ3n) is 7.17. The highest BCUT2D eigenvalue weighted by Gasteiger charge is 2.35. The summed E-state index contributed by atoms with van der Waals surface area (Å²) in [6, 6.07) is 12.6. The van der Waals surface area contributed by atoms with E-state index in [0.717, 1.165) is 17.7 Å². The smallest absolute Gasteiger partial charge is 0.252 e. The summed E-state index contributed by atoms with van der Waals surface area (Å²) in [6.45, 7) is 1.52. The zero-order chi connectivity index (χ0) is 28.4. The first-order valence-electron chi connectivity index (χ1n) is 12.9. The highest BCUT2D eigenvalue weighted by molar-refractivity contribution is 5.94. The Labute approximate surface area is 227 Å². The molecule has 2 heterocycles. The van der Waals surface area contributed by atoms with Crippen molar-refractivity contribution < 1.29 is 22.4 Å².